The number of tetrazole rings is 1. The highest BCUT2D eigenvalue weighted by Gasteiger charge is 2.34. The monoisotopic (exact) mass is 329 g/mol. The second kappa shape index (κ2) is 7.12. The maximum atomic E-state index is 5.85. The Kier molecular flexibility index (Phi) is 4.55. The molecule has 1 aliphatic heterocycles. The summed E-state index contributed by atoms with van der Waals surface area (Å²) >= 11 is 0. The molecule has 3 heterocycles. The topological polar surface area (TPSA) is 82.7 Å². The van der Waals surface area contributed by atoms with E-state index in [0.29, 0.717) is 6.04 Å². The number of aryl methyl sites for hydroxylation is 1. The summed E-state index contributed by atoms with van der Waals surface area (Å²) in [6.45, 7) is 1.82. The van der Waals surface area contributed by atoms with Crippen LogP contribution in [-0.2, 0) is 11.3 Å². The SMILES string of the molecule is C1=COC([C@@H](NCCCn2ccnc2)c2nnnn2C2CC2)CC1. The van der Waals surface area contributed by atoms with Crippen LogP contribution < -0.4 is 5.32 Å². The van der Waals surface area contributed by atoms with Crippen molar-refractivity contribution >= 4 is 0 Å². The van der Waals surface area contributed by atoms with Crippen LogP contribution in [0.1, 0.15) is 50.0 Å². The second-order valence-electron chi connectivity index (χ2n) is 6.42. The maximum Gasteiger partial charge on any atom is 0.172 e. The number of hydrogen-bond acceptors (Lipinski definition) is 6. The number of rotatable bonds is 8. The number of aromatic nitrogens is 6. The summed E-state index contributed by atoms with van der Waals surface area (Å²) in [4.78, 5) is 4.07. The summed E-state index contributed by atoms with van der Waals surface area (Å²) in [5.41, 5.74) is 0. The Labute approximate surface area is 140 Å². The normalized spacial score (nSPS) is 21.6. The molecule has 1 aliphatic carbocycles. The van der Waals surface area contributed by atoms with Crippen LogP contribution in [0.25, 0.3) is 0 Å². The average Bonchev–Trinajstić information content (AvgIpc) is 3.12. The van der Waals surface area contributed by atoms with Gasteiger partial charge in [-0.1, -0.05) is 0 Å². The maximum absolute atomic E-state index is 5.85. The van der Waals surface area contributed by atoms with E-state index < -0.39 is 0 Å². The lowest BCUT2D eigenvalue weighted by Gasteiger charge is -2.28. The van der Waals surface area contributed by atoms with Crippen LogP contribution in [0.15, 0.2) is 31.1 Å². The molecule has 128 valence electrons. The molecule has 1 fully saturated rings. The van der Waals surface area contributed by atoms with E-state index in [9.17, 15) is 0 Å². The van der Waals surface area contributed by atoms with Crippen molar-refractivity contribution in [1.82, 2.24) is 35.1 Å². The number of nitrogens with one attached hydrogen (secondary N) is 1. The minimum atomic E-state index is 0.0216. The minimum absolute atomic E-state index is 0.0216. The molecule has 0 bridgehead atoms. The molecule has 8 heteroatoms. The summed E-state index contributed by atoms with van der Waals surface area (Å²) < 4.78 is 9.92. The fraction of sp³-hybridized carbons (Fsp3) is 0.625. The minimum Gasteiger partial charge on any atom is -0.496 e. The summed E-state index contributed by atoms with van der Waals surface area (Å²) in [6.07, 6.45) is 14.9. The van der Waals surface area contributed by atoms with E-state index in [1.807, 2.05) is 23.4 Å². The van der Waals surface area contributed by atoms with Gasteiger partial charge >= 0.3 is 0 Å². The molecule has 1 saturated carbocycles. The van der Waals surface area contributed by atoms with Gasteiger partial charge in [-0.05, 0) is 55.2 Å². The van der Waals surface area contributed by atoms with Gasteiger partial charge in [0.05, 0.1) is 18.6 Å². The van der Waals surface area contributed by atoms with Gasteiger partial charge in [0.25, 0.3) is 0 Å². The Balaban J connectivity index is 1.41. The molecule has 0 amide bonds. The molecule has 2 aromatic heterocycles. The molecular formula is C16H23N7O. The van der Waals surface area contributed by atoms with E-state index in [2.05, 4.69) is 36.5 Å². The van der Waals surface area contributed by atoms with Crippen LogP contribution in [0.4, 0.5) is 0 Å². The molecule has 0 spiro atoms. The summed E-state index contributed by atoms with van der Waals surface area (Å²) in [5, 5.41) is 16.0. The van der Waals surface area contributed by atoms with Crippen molar-refractivity contribution < 1.29 is 4.74 Å². The van der Waals surface area contributed by atoms with Crippen LogP contribution in [0.3, 0.4) is 0 Å². The molecule has 2 atom stereocenters. The lowest BCUT2D eigenvalue weighted by Crippen LogP contribution is -2.37. The first-order chi connectivity index (χ1) is 11.9. The third-order valence-electron chi connectivity index (χ3n) is 4.54. The highest BCUT2D eigenvalue weighted by Crippen LogP contribution is 2.36. The van der Waals surface area contributed by atoms with Crippen LogP contribution in [-0.4, -0.2) is 42.4 Å². The van der Waals surface area contributed by atoms with E-state index >= 15 is 0 Å². The fourth-order valence-corrected chi connectivity index (χ4v) is 3.11. The van der Waals surface area contributed by atoms with E-state index in [4.69, 9.17) is 4.74 Å². The zero-order chi connectivity index (χ0) is 16.2. The van der Waals surface area contributed by atoms with Crippen molar-refractivity contribution in [2.24, 2.45) is 0 Å². The van der Waals surface area contributed by atoms with Gasteiger partial charge in [0, 0.05) is 18.9 Å². The molecule has 8 nitrogen and oxygen atoms in total. The van der Waals surface area contributed by atoms with Crippen molar-refractivity contribution in [2.45, 2.75) is 56.8 Å². The molecule has 0 radical (unpaired) electrons. The van der Waals surface area contributed by atoms with Crippen LogP contribution in [0.5, 0.6) is 0 Å². The standard InChI is InChI=1S/C16H23N7O/c1-2-11-24-14(4-1)15(16-19-20-21-23(16)13-5-6-13)18-7-3-9-22-10-8-17-12-22/h2,8,10-15,18H,1,3-7,9H2/t14?,15-/m1/s1. The predicted octanol–water partition coefficient (Wildman–Crippen LogP) is 1.62. The van der Waals surface area contributed by atoms with E-state index in [1.54, 1.807) is 6.26 Å². The highest BCUT2D eigenvalue weighted by atomic mass is 16.5. The largest absolute Gasteiger partial charge is 0.496 e. The zero-order valence-corrected chi connectivity index (χ0v) is 13.7. The smallest absolute Gasteiger partial charge is 0.172 e. The summed E-state index contributed by atoms with van der Waals surface area (Å²) in [7, 11) is 0. The Hall–Kier alpha value is -2.22. The van der Waals surface area contributed by atoms with Crippen molar-refractivity contribution in [3.8, 4) is 0 Å². The van der Waals surface area contributed by atoms with Crippen molar-refractivity contribution in [3.63, 3.8) is 0 Å². The van der Waals surface area contributed by atoms with E-state index in [-0.39, 0.29) is 12.1 Å². The Morgan fingerprint density at radius 2 is 2.29 bits per heavy atom. The number of hydrogen-bond donors (Lipinski definition) is 1. The van der Waals surface area contributed by atoms with Gasteiger partial charge in [-0.3, -0.25) is 0 Å². The van der Waals surface area contributed by atoms with Gasteiger partial charge in [0.1, 0.15) is 12.1 Å². The lowest BCUT2D eigenvalue weighted by atomic mass is 10.0. The molecule has 0 aromatic carbocycles. The average molecular weight is 329 g/mol. The van der Waals surface area contributed by atoms with E-state index in [1.165, 1.54) is 0 Å². The molecular weight excluding hydrogens is 306 g/mol. The van der Waals surface area contributed by atoms with Gasteiger partial charge in [0.15, 0.2) is 5.82 Å². The van der Waals surface area contributed by atoms with Gasteiger partial charge in [-0.25, -0.2) is 9.67 Å². The highest BCUT2D eigenvalue weighted by molar-refractivity contribution is 5.02. The van der Waals surface area contributed by atoms with Gasteiger partial charge in [-0.15, -0.1) is 5.10 Å². The first kappa shape index (κ1) is 15.3. The van der Waals surface area contributed by atoms with Crippen molar-refractivity contribution in [2.75, 3.05) is 6.54 Å². The first-order valence-corrected chi connectivity index (χ1v) is 8.69. The van der Waals surface area contributed by atoms with Crippen LogP contribution in [0, 0.1) is 0 Å². The molecule has 1 N–H and O–H groups in total. The van der Waals surface area contributed by atoms with E-state index in [0.717, 1.165) is 51.0 Å². The second-order valence-corrected chi connectivity index (χ2v) is 6.42. The number of imidazole rings is 1. The first-order valence-electron chi connectivity index (χ1n) is 8.69. The Morgan fingerprint density at radius 1 is 1.33 bits per heavy atom. The number of nitrogens with zero attached hydrogens (tertiary/aromatic N) is 6. The molecule has 2 aromatic rings. The third kappa shape index (κ3) is 3.48. The van der Waals surface area contributed by atoms with Crippen molar-refractivity contribution in [1.29, 1.82) is 0 Å². The molecule has 24 heavy (non-hydrogen) atoms. The van der Waals surface area contributed by atoms with Crippen LogP contribution >= 0.6 is 0 Å². The van der Waals surface area contributed by atoms with Crippen LogP contribution in [0.2, 0.25) is 0 Å². The Morgan fingerprint density at radius 3 is 3.04 bits per heavy atom. The molecule has 2 aliphatic rings. The van der Waals surface area contributed by atoms with Crippen molar-refractivity contribution in [3.05, 3.63) is 36.9 Å². The predicted molar refractivity (Wildman–Crippen MR) is 86.9 cm³/mol. The van der Waals surface area contributed by atoms with Gasteiger partial charge in [0.2, 0.25) is 0 Å². The molecule has 1 unspecified atom stereocenters. The quantitative estimate of drug-likeness (QED) is 0.741. The number of ether oxygens (including phenoxy) is 1. The fourth-order valence-electron chi connectivity index (χ4n) is 3.11. The lowest BCUT2D eigenvalue weighted by molar-refractivity contribution is 0.0802. The summed E-state index contributed by atoms with van der Waals surface area (Å²) in [5.74, 6) is 0.903. The zero-order valence-electron chi connectivity index (χ0n) is 13.7. The third-order valence-corrected chi connectivity index (χ3v) is 4.54. The molecule has 4 rings (SSSR count). The number of allylic oxidation sites excluding steroid dienone is 1. The van der Waals surface area contributed by atoms with Gasteiger partial charge in [-0.2, -0.15) is 0 Å². The van der Waals surface area contributed by atoms with Gasteiger partial charge < -0.3 is 14.6 Å². The summed E-state index contributed by atoms with van der Waals surface area (Å²) in [6, 6.07) is 0.484. The Bertz CT molecular complexity index is 662. The molecule has 0 saturated heterocycles.